The number of rotatable bonds is 7. The number of para-hydroxylation sites is 1. The van der Waals surface area contributed by atoms with Crippen molar-refractivity contribution in [3.63, 3.8) is 0 Å². The van der Waals surface area contributed by atoms with Gasteiger partial charge in [-0.15, -0.1) is 0 Å². The van der Waals surface area contributed by atoms with Crippen molar-refractivity contribution in [3.8, 4) is 5.75 Å². The van der Waals surface area contributed by atoms with E-state index in [4.69, 9.17) is 4.74 Å². The number of hydrogen-bond donors (Lipinski definition) is 1. The summed E-state index contributed by atoms with van der Waals surface area (Å²) in [5.41, 5.74) is 1.12. The summed E-state index contributed by atoms with van der Waals surface area (Å²) in [6.07, 6.45) is 2.43. The fourth-order valence-corrected chi connectivity index (χ4v) is 2.92. The van der Waals surface area contributed by atoms with Gasteiger partial charge in [0.05, 0.1) is 6.61 Å². The molecule has 1 amide bonds. The maximum absolute atomic E-state index is 12.3. The lowest BCUT2D eigenvalue weighted by atomic mass is 10.1. The van der Waals surface area contributed by atoms with E-state index in [0.29, 0.717) is 18.9 Å². The zero-order valence-corrected chi connectivity index (χ0v) is 13.1. The van der Waals surface area contributed by atoms with Gasteiger partial charge < -0.3 is 15.0 Å². The van der Waals surface area contributed by atoms with Crippen molar-refractivity contribution in [2.75, 3.05) is 33.3 Å². The third-order valence-electron chi connectivity index (χ3n) is 4.01. The first-order valence-electron chi connectivity index (χ1n) is 7.87. The van der Waals surface area contributed by atoms with Crippen LogP contribution in [0.15, 0.2) is 24.3 Å². The Kier molecular flexibility index (Phi) is 6.05. The van der Waals surface area contributed by atoms with Crippen molar-refractivity contribution in [2.24, 2.45) is 5.92 Å². The molecule has 1 saturated heterocycles. The highest BCUT2D eigenvalue weighted by Crippen LogP contribution is 2.21. The number of carbonyl (C=O) groups excluding carboxylic acids is 1. The maximum Gasteiger partial charge on any atom is 0.222 e. The Morgan fingerprint density at radius 2 is 2.24 bits per heavy atom. The van der Waals surface area contributed by atoms with Crippen molar-refractivity contribution >= 4 is 5.91 Å². The van der Waals surface area contributed by atoms with E-state index in [1.807, 2.05) is 43.1 Å². The predicted octanol–water partition coefficient (Wildman–Crippen LogP) is 2.09. The Labute approximate surface area is 127 Å². The molecule has 1 aliphatic rings. The van der Waals surface area contributed by atoms with E-state index in [-0.39, 0.29) is 5.91 Å². The molecular weight excluding hydrogens is 264 g/mol. The van der Waals surface area contributed by atoms with Gasteiger partial charge in [-0.05, 0) is 50.9 Å². The normalized spacial score (nSPS) is 18.0. The van der Waals surface area contributed by atoms with Crippen LogP contribution in [0.25, 0.3) is 0 Å². The molecule has 0 aromatic heterocycles. The largest absolute Gasteiger partial charge is 0.494 e. The fraction of sp³-hybridized carbons (Fsp3) is 0.588. The maximum atomic E-state index is 12.3. The van der Waals surface area contributed by atoms with E-state index in [0.717, 1.165) is 43.8 Å². The molecule has 116 valence electrons. The standard InChI is InChI=1S/C17H26N2O2/c1-3-21-16-7-5-4-6-15(16)8-9-17(20)19-11-10-14(13-19)12-18-2/h4-7,14,18H,3,8-13H2,1-2H3/t14-/m1/s1. The van der Waals surface area contributed by atoms with E-state index in [2.05, 4.69) is 5.32 Å². The molecule has 1 aromatic carbocycles. The lowest BCUT2D eigenvalue weighted by Crippen LogP contribution is -2.30. The first kappa shape index (κ1) is 15.8. The average Bonchev–Trinajstić information content (AvgIpc) is 2.95. The van der Waals surface area contributed by atoms with Crippen LogP contribution in [-0.2, 0) is 11.2 Å². The molecule has 1 N–H and O–H groups in total. The van der Waals surface area contributed by atoms with Crippen LogP contribution in [0, 0.1) is 5.92 Å². The number of carbonyl (C=O) groups is 1. The number of benzene rings is 1. The molecule has 4 heteroatoms. The van der Waals surface area contributed by atoms with Gasteiger partial charge >= 0.3 is 0 Å². The molecule has 0 aliphatic carbocycles. The molecule has 2 rings (SSSR count). The molecule has 0 radical (unpaired) electrons. The number of nitrogens with one attached hydrogen (secondary N) is 1. The summed E-state index contributed by atoms with van der Waals surface area (Å²) in [6, 6.07) is 7.99. The minimum absolute atomic E-state index is 0.264. The summed E-state index contributed by atoms with van der Waals surface area (Å²) >= 11 is 0. The molecule has 1 atom stereocenters. The summed E-state index contributed by atoms with van der Waals surface area (Å²) in [5.74, 6) is 1.77. The molecule has 0 bridgehead atoms. The topological polar surface area (TPSA) is 41.6 Å². The van der Waals surface area contributed by atoms with Crippen LogP contribution in [0.1, 0.15) is 25.3 Å². The summed E-state index contributed by atoms with van der Waals surface area (Å²) in [4.78, 5) is 14.3. The van der Waals surface area contributed by atoms with Gasteiger partial charge in [-0.25, -0.2) is 0 Å². The van der Waals surface area contributed by atoms with E-state index < -0.39 is 0 Å². The summed E-state index contributed by atoms with van der Waals surface area (Å²) in [7, 11) is 1.97. The van der Waals surface area contributed by atoms with Crippen LogP contribution in [0.3, 0.4) is 0 Å². The van der Waals surface area contributed by atoms with Gasteiger partial charge in [0.1, 0.15) is 5.75 Å². The van der Waals surface area contributed by atoms with Crippen LogP contribution in [0.4, 0.5) is 0 Å². The molecule has 0 spiro atoms. The van der Waals surface area contributed by atoms with Crippen molar-refractivity contribution in [2.45, 2.75) is 26.2 Å². The second-order valence-electron chi connectivity index (χ2n) is 5.59. The van der Waals surface area contributed by atoms with E-state index in [1.165, 1.54) is 0 Å². The third-order valence-corrected chi connectivity index (χ3v) is 4.01. The summed E-state index contributed by atoms with van der Waals surface area (Å²) < 4.78 is 5.61. The zero-order chi connectivity index (χ0) is 15.1. The highest BCUT2D eigenvalue weighted by atomic mass is 16.5. The van der Waals surface area contributed by atoms with Crippen LogP contribution in [0.2, 0.25) is 0 Å². The number of ether oxygens (including phenoxy) is 1. The van der Waals surface area contributed by atoms with Crippen LogP contribution >= 0.6 is 0 Å². The van der Waals surface area contributed by atoms with E-state index >= 15 is 0 Å². The highest BCUT2D eigenvalue weighted by Gasteiger charge is 2.25. The van der Waals surface area contributed by atoms with Crippen LogP contribution < -0.4 is 10.1 Å². The molecule has 4 nitrogen and oxygen atoms in total. The van der Waals surface area contributed by atoms with Crippen molar-refractivity contribution in [1.82, 2.24) is 10.2 Å². The summed E-state index contributed by atoms with van der Waals surface area (Å²) in [6.45, 7) is 5.43. The van der Waals surface area contributed by atoms with Gasteiger partial charge in [0.2, 0.25) is 5.91 Å². The monoisotopic (exact) mass is 290 g/mol. The van der Waals surface area contributed by atoms with Crippen LogP contribution in [0.5, 0.6) is 5.75 Å². The second-order valence-corrected chi connectivity index (χ2v) is 5.59. The molecule has 1 aromatic rings. The third kappa shape index (κ3) is 4.46. The Hall–Kier alpha value is -1.55. The average molecular weight is 290 g/mol. The first-order valence-corrected chi connectivity index (χ1v) is 7.87. The second kappa shape index (κ2) is 8.03. The Morgan fingerprint density at radius 1 is 1.43 bits per heavy atom. The Morgan fingerprint density at radius 3 is 3.00 bits per heavy atom. The zero-order valence-electron chi connectivity index (χ0n) is 13.1. The molecule has 0 unspecified atom stereocenters. The number of nitrogens with zero attached hydrogens (tertiary/aromatic N) is 1. The lowest BCUT2D eigenvalue weighted by molar-refractivity contribution is -0.130. The minimum Gasteiger partial charge on any atom is -0.494 e. The van der Waals surface area contributed by atoms with Gasteiger partial charge in [-0.1, -0.05) is 18.2 Å². The number of hydrogen-bond acceptors (Lipinski definition) is 3. The lowest BCUT2D eigenvalue weighted by Gasteiger charge is -2.17. The number of amides is 1. The number of likely N-dealkylation sites (tertiary alicyclic amines) is 1. The minimum atomic E-state index is 0.264. The predicted molar refractivity (Wildman–Crippen MR) is 84.5 cm³/mol. The molecule has 1 aliphatic heterocycles. The molecule has 0 saturated carbocycles. The quantitative estimate of drug-likeness (QED) is 0.836. The van der Waals surface area contributed by atoms with Crippen molar-refractivity contribution in [1.29, 1.82) is 0 Å². The Balaban J connectivity index is 1.84. The Bertz CT molecular complexity index is 462. The fourth-order valence-electron chi connectivity index (χ4n) is 2.92. The first-order chi connectivity index (χ1) is 10.2. The molecule has 1 fully saturated rings. The smallest absolute Gasteiger partial charge is 0.222 e. The van der Waals surface area contributed by atoms with Gasteiger partial charge in [0.15, 0.2) is 0 Å². The highest BCUT2D eigenvalue weighted by molar-refractivity contribution is 5.76. The van der Waals surface area contributed by atoms with Crippen molar-refractivity contribution in [3.05, 3.63) is 29.8 Å². The molecular formula is C17H26N2O2. The SMILES string of the molecule is CCOc1ccccc1CCC(=O)N1CC[C@H](CNC)C1. The van der Waals surface area contributed by atoms with Gasteiger partial charge in [0, 0.05) is 19.5 Å². The van der Waals surface area contributed by atoms with Gasteiger partial charge in [-0.3, -0.25) is 4.79 Å². The number of aryl methyl sites for hydroxylation is 1. The molecule has 21 heavy (non-hydrogen) atoms. The van der Waals surface area contributed by atoms with Crippen LogP contribution in [-0.4, -0.2) is 44.1 Å². The van der Waals surface area contributed by atoms with Gasteiger partial charge in [-0.2, -0.15) is 0 Å². The van der Waals surface area contributed by atoms with Gasteiger partial charge in [0.25, 0.3) is 0 Å². The summed E-state index contributed by atoms with van der Waals surface area (Å²) in [5, 5.41) is 3.19. The van der Waals surface area contributed by atoms with E-state index in [1.54, 1.807) is 0 Å². The molecule has 1 heterocycles. The van der Waals surface area contributed by atoms with E-state index in [9.17, 15) is 4.79 Å². The van der Waals surface area contributed by atoms with Crippen molar-refractivity contribution < 1.29 is 9.53 Å².